The Kier molecular flexibility index (Phi) is 8.45. The molecule has 2 aliphatic carbocycles. The van der Waals surface area contributed by atoms with E-state index in [1.807, 2.05) is 22.8 Å². The molecule has 2 heterocycles. The van der Waals surface area contributed by atoms with Gasteiger partial charge in [0.25, 0.3) is 12.3 Å². The summed E-state index contributed by atoms with van der Waals surface area (Å²) in [4.78, 5) is 42.9. The molecule has 3 aromatic rings. The van der Waals surface area contributed by atoms with Gasteiger partial charge in [-0.05, 0) is 76.3 Å². The first-order valence-electron chi connectivity index (χ1n) is 14.2. The maximum atomic E-state index is 13.1. The van der Waals surface area contributed by atoms with E-state index in [4.69, 9.17) is 9.72 Å². The van der Waals surface area contributed by atoms with Crippen LogP contribution in [0.4, 0.5) is 19.5 Å². The van der Waals surface area contributed by atoms with Crippen molar-refractivity contribution < 1.29 is 27.9 Å². The number of fused-ring (bicyclic) bond motifs is 1. The maximum absolute atomic E-state index is 13.1. The van der Waals surface area contributed by atoms with Gasteiger partial charge in [0.05, 0.1) is 20.8 Å². The fraction of sp³-hybridized carbons (Fsp3) is 0.533. The Balaban J connectivity index is 1.37. The van der Waals surface area contributed by atoms with Crippen LogP contribution >= 0.6 is 11.3 Å². The van der Waals surface area contributed by atoms with Crippen molar-refractivity contribution in [2.45, 2.75) is 96.2 Å². The number of benzene rings is 1. The van der Waals surface area contributed by atoms with Crippen LogP contribution in [-0.2, 0) is 16.0 Å². The van der Waals surface area contributed by atoms with Crippen molar-refractivity contribution in [2.24, 2.45) is 5.92 Å². The highest BCUT2D eigenvalue weighted by Crippen LogP contribution is 2.38. The molecule has 41 heavy (non-hydrogen) atoms. The quantitative estimate of drug-likeness (QED) is 0.290. The number of carbonyl (C=O) groups excluding carboxylic acids is 3. The Morgan fingerprint density at radius 3 is 2.49 bits per heavy atom. The number of hydrogen-bond acceptors (Lipinski definition) is 6. The third-order valence-corrected chi connectivity index (χ3v) is 8.77. The van der Waals surface area contributed by atoms with Crippen molar-refractivity contribution in [3.8, 4) is 0 Å². The van der Waals surface area contributed by atoms with Crippen LogP contribution in [0.15, 0.2) is 30.3 Å². The van der Waals surface area contributed by atoms with Crippen LogP contribution in [0.1, 0.15) is 98.3 Å². The predicted molar refractivity (Wildman–Crippen MR) is 154 cm³/mol. The van der Waals surface area contributed by atoms with Gasteiger partial charge in [0.15, 0.2) is 0 Å². The molecule has 220 valence electrons. The van der Waals surface area contributed by atoms with Gasteiger partial charge >= 0.3 is 6.09 Å². The number of halogens is 2. The molecular formula is C30H36F2N4O4S. The molecule has 2 aliphatic rings. The van der Waals surface area contributed by atoms with E-state index in [0.717, 1.165) is 48.1 Å². The Morgan fingerprint density at radius 2 is 1.83 bits per heavy atom. The summed E-state index contributed by atoms with van der Waals surface area (Å²) < 4.78 is 33.5. The first-order chi connectivity index (χ1) is 19.5. The summed E-state index contributed by atoms with van der Waals surface area (Å²) in [5.74, 6) is 0.141. The molecule has 1 aromatic carbocycles. The standard InChI is InChI=1S/C30H36F2N4O4S/c1-30(2,3)40-29(39)33-19-15-20(16-19)36-22-10-9-17(14-23(37)18-7-5-4-6-8-18)13-21(22)34-28(36)35-27(38)25-12-11-24(41-25)26(31)32/h9-13,18-20,26H,4-8,14-16H2,1-3H3,(H,33,39)(H,34,35,38). The third-order valence-electron chi connectivity index (χ3n) is 7.68. The number of ether oxygens (including phenoxy) is 1. The normalized spacial score (nSPS) is 19.7. The summed E-state index contributed by atoms with van der Waals surface area (Å²) in [6.45, 7) is 5.41. The van der Waals surface area contributed by atoms with Gasteiger partial charge in [0.2, 0.25) is 5.95 Å². The molecule has 8 nitrogen and oxygen atoms in total. The van der Waals surface area contributed by atoms with Crippen molar-refractivity contribution in [3.05, 3.63) is 45.6 Å². The fourth-order valence-corrected chi connectivity index (χ4v) is 6.39. The first-order valence-corrected chi connectivity index (χ1v) is 15.0. The van der Waals surface area contributed by atoms with Gasteiger partial charge in [0, 0.05) is 24.4 Å². The molecule has 0 radical (unpaired) electrons. The molecular weight excluding hydrogens is 550 g/mol. The Bertz CT molecular complexity index is 1430. The SMILES string of the molecule is CC(C)(C)OC(=O)NC1CC(n2c(NC(=O)c3ccc(C(F)F)s3)nc3cc(CC(=O)C4CCCCC4)ccc32)C1. The number of rotatable bonds is 8. The zero-order valence-electron chi connectivity index (χ0n) is 23.5. The Hall–Kier alpha value is -3.34. The number of amides is 2. The summed E-state index contributed by atoms with van der Waals surface area (Å²) in [5, 5.41) is 5.70. The summed E-state index contributed by atoms with van der Waals surface area (Å²) >= 11 is 0.746. The van der Waals surface area contributed by atoms with Crippen LogP contribution in [0.3, 0.4) is 0 Å². The molecule has 0 atom stereocenters. The average molecular weight is 587 g/mol. The highest BCUT2D eigenvalue weighted by Gasteiger charge is 2.35. The monoisotopic (exact) mass is 586 g/mol. The number of thiophene rings is 1. The van der Waals surface area contributed by atoms with E-state index < -0.39 is 24.0 Å². The largest absolute Gasteiger partial charge is 0.444 e. The van der Waals surface area contributed by atoms with Crippen LogP contribution in [0.2, 0.25) is 0 Å². The van der Waals surface area contributed by atoms with Gasteiger partial charge in [-0.15, -0.1) is 11.3 Å². The van der Waals surface area contributed by atoms with Gasteiger partial charge in [0.1, 0.15) is 11.4 Å². The molecule has 0 unspecified atom stereocenters. The maximum Gasteiger partial charge on any atom is 0.407 e. The minimum Gasteiger partial charge on any atom is -0.444 e. The van der Waals surface area contributed by atoms with Crippen LogP contribution in [0.5, 0.6) is 0 Å². The zero-order valence-corrected chi connectivity index (χ0v) is 24.4. The molecule has 2 N–H and O–H groups in total. The average Bonchev–Trinajstić information content (AvgIpc) is 3.51. The molecule has 2 aromatic heterocycles. The van der Waals surface area contributed by atoms with E-state index >= 15 is 0 Å². The Morgan fingerprint density at radius 1 is 1.10 bits per heavy atom. The number of ketones is 1. The number of nitrogens with one attached hydrogen (secondary N) is 2. The number of anilines is 1. The smallest absolute Gasteiger partial charge is 0.407 e. The van der Waals surface area contributed by atoms with E-state index in [2.05, 4.69) is 10.6 Å². The van der Waals surface area contributed by atoms with E-state index in [1.54, 1.807) is 20.8 Å². The zero-order chi connectivity index (χ0) is 29.3. The Labute approximate surface area is 241 Å². The number of imidazole rings is 1. The van der Waals surface area contributed by atoms with Crippen LogP contribution in [-0.4, -0.2) is 39.0 Å². The lowest BCUT2D eigenvalue weighted by Gasteiger charge is -2.37. The lowest BCUT2D eigenvalue weighted by molar-refractivity contribution is -0.123. The number of hydrogen-bond donors (Lipinski definition) is 2. The van der Waals surface area contributed by atoms with Crippen molar-refractivity contribution in [2.75, 3.05) is 5.32 Å². The number of aromatic nitrogens is 2. The van der Waals surface area contributed by atoms with Crippen molar-refractivity contribution in [1.82, 2.24) is 14.9 Å². The van der Waals surface area contributed by atoms with Gasteiger partial charge in [-0.1, -0.05) is 25.3 Å². The van der Waals surface area contributed by atoms with Crippen molar-refractivity contribution in [1.29, 1.82) is 0 Å². The number of Topliss-reactive ketones (excluding diaryl/α,β-unsaturated/α-hetero) is 1. The van der Waals surface area contributed by atoms with Crippen molar-refractivity contribution >= 4 is 46.1 Å². The molecule has 2 amide bonds. The van der Waals surface area contributed by atoms with Gasteiger partial charge in [-0.2, -0.15) is 0 Å². The second-order valence-electron chi connectivity index (χ2n) is 12.0. The number of alkyl halides is 2. The molecule has 0 spiro atoms. The van der Waals surface area contributed by atoms with Gasteiger partial charge in [-0.3, -0.25) is 14.9 Å². The first kappa shape index (κ1) is 29.2. The van der Waals surface area contributed by atoms with E-state index in [-0.39, 0.29) is 33.5 Å². The molecule has 2 fully saturated rings. The predicted octanol–water partition coefficient (Wildman–Crippen LogP) is 7.21. The number of nitrogens with zero attached hydrogens (tertiary/aromatic N) is 2. The third kappa shape index (κ3) is 6.94. The second-order valence-corrected chi connectivity index (χ2v) is 13.1. The van der Waals surface area contributed by atoms with Gasteiger partial charge in [-0.25, -0.2) is 18.6 Å². The molecule has 11 heteroatoms. The summed E-state index contributed by atoms with van der Waals surface area (Å²) in [7, 11) is 0. The minimum absolute atomic E-state index is 0.0649. The number of carbonyl (C=O) groups is 3. The topological polar surface area (TPSA) is 102 Å². The summed E-state index contributed by atoms with van der Waals surface area (Å²) in [5.41, 5.74) is 1.69. The second kappa shape index (κ2) is 11.9. The molecule has 0 bridgehead atoms. The van der Waals surface area contributed by atoms with E-state index in [0.29, 0.717) is 30.7 Å². The minimum atomic E-state index is -2.65. The highest BCUT2D eigenvalue weighted by molar-refractivity contribution is 7.14. The highest BCUT2D eigenvalue weighted by atomic mass is 32.1. The molecule has 5 rings (SSSR count). The van der Waals surface area contributed by atoms with E-state index in [1.165, 1.54) is 18.6 Å². The number of alkyl carbamates (subject to hydrolysis) is 1. The van der Waals surface area contributed by atoms with Crippen molar-refractivity contribution in [3.63, 3.8) is 0 Å². The van der Waals surface area contributed by atoms with Gasteiger partial charge < -0.3 is 14.6 Å². The van der Waals surface area contributed by atoms with Crippen LogP contribution in [0, 0.1) is 5.92 Å². The molecule has 0 saturated heterocycles. The fourth-order valence-electron chi connectivity index (χ4n) is 5.63. The van der Waals surface area contributed by atoms with E-state index in [9.17, 15) is 23.2 Å². The van der Waals surface area contributed by atoms with Crippen LogP contribution < -0.4 is 10.6 Å². The molecule has 0 aliphatic heterocycles. The lowest BCUT2D eigenvalue weighted by atomic mass is 9.84. The summed E-state index contributed by atoms with van der Waals surface area (Å²) in [6, 6.07) is 8.19. The molecule has 2 saturated carbocycles. The summed E-state index contributed by atoms with van der Waals surface area (Å²) in [6.07, 6.45) is 3.68. The lowest BCUT2D eigenvalue weighted by Crippen LogP contribution is -2.46. The van der Waals surface area contributed by atoms with Crippen LogP contribution in [0.25, 0.3) is 11.0 Å².